The van der Waals surface area contributed by atoms with Crippen LogP contribution in [0, 0.1) is 0 Å². The summed E-state index contributed by atoms with van der Waals surface area (Å²) < 4.78 is 0. The maximum absolute atomic E-state index is 13.6. The molecule has 0 fully saturated rings. The highest BCUT2D eigenvalue weighted by Crippen LogP contribution is 2.36. The van der Waals surface area contributed by atoms with Crippen LogP contribution in [0.15, 0.2) is 83.7 Å². The summed E-state index contributed by atoms with van der Waals surface area (Å²) >= 11 is 6.40. The minimum Gasteiger partial charge on any atom is -0.314 e. The van der Waals surface area contributed by atoms with E-state index in [1.54, 1.807) is 18.0 Å². The lowest BCUT2D eigenvalue weighted by atomic mass is 9.95. The first-order valence-corrected chi connectivity index (χ1v) is 11.9. The highest BCUT2D eigenvalue weighted by Gasteiger charge is 2.34. The van der Waals surface area contributed by atoms with Crippen LogP contribution in [0.2, 0.25) is 5.02 Å². The summed E-state index contributed by atoms with van der Waals surface area (Å²) in [6.07, 6.45) is 0.537. The molecule has 2 heterocycles. The normalized spacial score (nSPS) is 18.1. The van der Waals surface area contributed by atoms with Crippen LogP contribution in [-0.4, -0.2) is 29.0 Å². The third-order valence-electron chi connectivity index (χ3n) is 6.79. The third-order valence-corrected chi connectivity index (χ3v) is 7.02. The van der Waals surface area contributed by atoms with E-state index in [-0.39, 0.29) is 17.6 Å². The van der Waals surface area contributed by atoms with Crippen LogP contribution in [0.3, 0.4) is 0 Å². The maximum atomic E-state index is 13.6. The highest BCUT2D eigenvalue weighted by molar-refractivity contribution is 6.30. The summed E-state index contributed by atoms with van der Waals surface area (Å²) in [5.41, 5.74) is 4.93. The Kier molecular flexibility index (Phi) is 5.20. The number of benzene rings is 4. The zero-order chi connectivity index (χ0) is 24.1. The number of anilines is 1. The molecule has 7 heteroatoms. The van der Waals surface area contributed by atoms with Crippen molar-refractivity contribution in [2.45, 2.75) is 18.5 Å². The SMILES string of the molecule is CN1C(=O)C(Cc2ccc3ccccc3c2)NC(c2ccc3[nH]c(=O)[nH]c3c2)c2cc(Cl)ccc21. The van der Waals surface area contributed by atoms with Crippen molar-refractivity contribution >= 4 is 45.0 Å². The number of carbonyl (C=O) groups excluding carboxylic acids is 1. The van der Waals surface area contributed by atoms with Crippen molar-refractivity contribution in [2.24, 2.45) is 0 Å². The van der Waals surface area contributed by atoms with Crippen LogP contribution in [0.5, 0.6) is 0 Å². The number of halogens is 1. The van der Waals surface area contributed by atoms with Crippen LogP contribution in [0.1, 0.15) is 22.7 Å². The second kappa shape index (κ2) is 8.41. The number of rotatable bonds is 3. The van der Waals surface area contributed by atoms with E-state index in [1.165, 1.54) is 5.39 Å². The number of hydrogen-bond acceptors (Lipinski definition) is 3. The standard InChI is InChI=1S/C28H23ClN4O2/c1-33-25-11-9-20(29)15-21(25)26(19-8-10-22-23(14-19)32-28(35)31-22)30-24(27(33)34)13-16-6-7-17-4-2-3-5-18(17)12-16/h2-12,14-15,24,26,30H,13H2,1H3,(H2,31,32,35). The minimum absolute atomic E-state index is 0.0136. The van der Waals surface area contributed by atoms with Crippen molar-refractivity contribution in [1.29, 1.82) is 0 Å². The molecule has 0 bridgehead atoms. The Morgan fingerprint density at radius 1 is 0.857 bits per heavy atom. The molecule has 0 spiro atoms. The number of nitrogens with zero attached hydrogens (tertiary/aromatic N) is 1. The number of aromatic amines is 2. The van der Waals surface area contributed by atoms with Gasteiger partial charge in [0.15, 0.2) is 0 Å². The fourth-order valence-corrected chi connectivity index (χ4v) is 5.21. The molecule has 0 saturated heterocycles. The molecular formula is C28H23ClN4O2. The van der Waals surface area contributed by atoms with Gasteiger partial charge in [0.2, 0.25) is 5.91 Å². The molecule has 2 unspecified atom stereocenters. The van der Waals surface area contributed by atoms with Gasteiger partial charge in [0.25, 0.3) is 0 Å². The lowest BCUT2D eigenvalue weighted by Crippen LogP contribution is -2.45. The molecule has 5 aromatic rings. The van der Waals surface area contributed by atoms with E-state index < -0.39 is 6.04 Å². The second-order valence-electron chi connectivity index (χ2n) is 9.02. The minimum atomic E-state index is -0.460. The maximum Gasteiger partial charge on any atom is 0.323 e. The van der Waals surface area contributed by atoms with E-state index in [2.05, 4.69) is 45.6 Å². The molecule has 35 heavy (non-hydrogen) atoms. The Balaban J connectivity index is 1.44. The number of H-pyrrole nitrogens is 2. The number of carbonyl (C=O) groups is 1. The van der Waals surface area contributed by atoms with Gasteiger partial charge >= 0.3 is 5.69 Å². The number of fused-ring (bicyclic) bond motifs is 3. The van der Waals surface area contributed by atoms with Crippen LogP contribution >= 0.6 is 11.6 Å². The summed E-state index contributed by atoms with van der Waals surface area (Å²) in [7, 11) is 1.80. The molecule has 2 atom stereocenters. The number of likely N-dealkylation sites (N-methyl/N-ethyl adjacent to an activating group) is 1. The number of amides is 1. The van der Waals surface area contributed by atoms with Gasteiger partial charge in [-0.25, -0.2) is 4.79 Å². The predicted octanol–water partition coefficient (Wildman–Crippen LogP) is 4.93. The number of hydrogen-bond donors (Lipinski definition) is 3. The molecule has 6 rings (SSSR count). The molecule has 0 saturated carbocycles. The van der Waals surface area contributed by atoms with Crippen molar-refractivity contribution in [2.75, 3.05) is 11.9 Å². The molecule has 1 amide bonds. The number of imidazole rings is 1. The second-order valence-corrected chi connectivity index (χ2v) is 9.46. The third kappa shape index (κ3) is 3.91. The Morgan fingerprint density at radius 2 is 1.66 bits per heavy atom. The van der Waals surface area contributed by atoms with Crippen molar-refractivity contribution in [3.8, 4) is 0 Å². The van der Waals surface area contributed by atoms with Crippen LogP contribution in [0.25, 0.3) is 21.8 Å². The summed E-state index contributed by atoms with van der Waals surface area (Å²) in [4.78, 5) is 32.8. The molecule has 1 aromatic heterocycles. The number of nitrogens with one attached hydrogen (secondary N) is 3. The predicted molar refractivity (Wildman–Crippen MR) is 140 cm³/mol. The quantitative estimate of drug-likeness (QED) is 0.341. The Bertz CT molecular complexity index is 1650. The first-order chi connectivity index (χ1) is 17.0. The Hall–Kier alpha value is -3.87. The van der Waals surface area contributed by atoms with Crippen LogP contribution < -0.4 is 15.9 Å². The first kappa shape index (κ1) is 21.6. The zero-order valence-electron chi connectivity index (χ0n) is 19.0. The average molecular weight is 483 g/mol. The van der Waals surface area contributed by atoms with E-state index >= 15 is 0 Å². The first-order valence-electron chi connectivity index (χ1n) is 11.5. The van der Waals surface area contributed by atoms with E-state index in [4.69, 9.17) is 11.6 Å². The average Bonchev–Trinajstić information content (AvgIpc) is 3.20. The van der Waals surface area contributed by atoms with Crippen molar-refractivity contribution in [3.05, 3.63) is 111 Å². The fourth-order valence-electron chi connectivity index (χ4n) is 5.03. The van der Waals surface area contributed by atoms with E-state index in [0.717, 1.165) is 33.3 Å². The van der Waals surface area contributed by atoms with Gasteiger partial charge in [0, 0.05) is 17.8 Å². The molecule has 1 aliphatic rings. The topological polar surface area (TPSA) is 81.0 Å². The molecule has 1 aliphatic heterocycles. The van der Waals surface area contributed by atoms with E-state index in [0.29, 0.717) is 17.0 Å². The van der Waals surface area contributed by atoms with Gasteiger partial charge < -0.3 is 14.9 Å². The van der Waals surface area contributed by atoms with Crippen molar-refractivity contribution in [3.63, 3.8) is 0 Å². The molecule has 4 aromatic carbocycles. The Labute approximate surface area is 206 Å². The smallest absolute Gasteiger partial charge is 0.314 e. The monoisotopic (exact) mass is 482 g/mol. The molecule has 174 valence electrons. The van der Waals surface area contributed by atoms with E-state index in [1.807, 2.05) is 42.5 Å². The lowest BCUT2D eigenvalue weighted by Gasteiger charge is -2.23. The lowest BCUT2D eigenvalue weighted by molar-refractivity contribution is -0.120. The van der Waals surface area contributed by atoms with Gasteiger partial charge in [-0.15, -0.1) is 0 Å². The van der Waals surface area contributed by atoms with E-state index in [9.17, 15) is 9.59 Å². The van der Waals surface area contributed by atoms with Gasteiger partial charge in [-0.05, 0) is 64.2 Å². The summed E-state index contributed by atoms with van der Waals surface area (Å²) in [6.45, 7) is 0. The van der Waals surface area contributed by atoms with Gasteiger partial charge in [0.05, 0.1) is 23.1 Å². The molecule has 3 N–H and O–H groups in total. The zero-order valence-corrected chi connectivity index (χ0v) is 19.8. The van der Waals surface area contributed by atoms with Crippen molar-refractivity contribution < 1.29 is 4.79 Å². The molecule has 6 nitrogen and oxygen atoms in total. The molecule has 0 aliphatic carbocycles. The van der Waals surface area contributed by atoms with Crippen LogP contribution in [-0.2, 0) is 11.2 Å². The Morgan fingerprint density at radius 3 is 2.51 bits per heavy atom. The summed E-state index contributed by atoms with van der Waals surface area (Å²) in [5.74, 6) is -0.0136. The van der Waals surface area contributed by atoms with Gasteiger partial charge in [0.1, 0.15) is 0 Å². The summed E-state index contributed by atoms with van der Waals surface area (Å²) in [6, 6.07) is 25.2. The van der Waals surface area contributed by atoms with Crippen molar-refractivity contribution in [1.82, 2.24) is 15.3 Å². The molecule has 0 radical (unpaired) electrons. The summed E-state index contributed by atoms with van der Waals surface area (Å²) in [5, 5.41) is 6.52. The molecular weight excluding hydrogens is 460 g/mol. The van der Waals surface area contributed by atoms with Gasteiger partial charge in [-0.3, -0.25) is 10.1 Å². The highest BCUT2D eigenvalue weighted by atomic mass is 35.5. The van der Waals surface area contributed by atoms with Crippen LogP contribution in [0.4, 0.5) is 5.69 Å². The fraction of sp³-hybridized carbons (Fsp3) is 0.143. The van der Waals surface area contributed by atoms with Gasteiger partial charge in [-0.1, -0.05) is 60.1 Å². The number of aromatic nitrogens is 2. The van der Waals surface area contributed by atoms with Gasteiger partial charge in [-0.2, -0.15) is 0 Å². The largest absolute Gasteiger partial charge is 0.323 e.